The molecule has 0 amide bonds. The monoisotopic (exact) mass is 1370 g/mol. The quantitative estimate of drug-likeness (QED) is 0.121. The molecule has 0 aliphatic heterocycles. The number of aromatic nitrogens is 4. The van der Waals surface area contributed by atoms with E-state index in [2.05, 4.69) is 325 Å². The van der Waals surface area contributed by atoms with Crippen LogP contribution in [0.4, 0.5) is 34.1 Å². The Morgan fingerprint density at radius 2 is 0.559 bits per heavy atom. The highest BCUT2D eigenvalue weighted by Gasteiger charge is 2.20. The van der Waals surface area contributed by atoms with Gasteiger partial charge in [-0.2, -0.15) is 0 Å². The Morgan fingerprint density at radius 1 is 0.216 bits per heavy atom. The first-order chi connectivity index (χ1) is 50.5. The first-order valence-corrected chi connectivity index (χ1v) is 37.2. The predicted molar refractivity (Wildman–Crippen MR) is 438 cm³/mol. The van der Waals surface area contributed by atoms with E-state index in [1.54, 1.807) is 22.7 Å². The molecule has 0 N–H and O–H groups in total. The largest absolute Gasteiger partial charge is 0.311 e. The zero-order valence-corrected chi connectivity index (χ0v) is 58.1. The zero-order chi connectivity index (χ0) is 67.5. The molecule has 0 fully saturated rings. The van der Waals surface area contributed by atoms with Gasteiger partial charge in [-0.1, -0.05) is 218 Å². The summed E-state index contributed by atoms with van der Waals surface area (Å²) in [6, 6.07) is 121. The molecule has 0 unspecified atom stereocenters. The minimum absolute atomic E-state index is 0.856. The number of para-hydroxylation sites is 4. The van der Waals surface area contributed by atoms with Crippen LogP contribution in [-0.2, 0) is 0 Å². The van der Waals surface area contributed by atoms with Crippen LogP contribution in [0, 0.1) is 0 Å². The average molecular weight is 1380 g/mol. The second-order valence-corrected chi connectivity index (χ2v) is 29.4. The fourth-order valence-electron chi connectivity index (χ4n) is 14.2. The van der Waals surface area contributed by atoms with Crippen LogP contribution in [-0.4, -0.2) is 19.9 Å². The first-order valence-electron chi connectivity index (χ1n) is 34.0. The summed E-state index contributed by atoms with van der Waals surface area (Å²) >= 11 is 7.13. The van der Waals surface area contributed by atoms with E-state index < -0.39 is 0 Å². The van der Waals surface area contributed by atoms with Crippen LogP contribution in [0.5, 0.6) is 0 Å². The van der Waals surface area contributed by atoms with Gasteiger partial charge in [-0.15, -0.1) is 45.3 Å². The van der Waals surface area contributed by atoms with Crippen molar-refractivity contribution in [3.05, 3.63) is 352 Å². The van der Waals surface area contributed by atoms with E-state index in [-0.39, 0.29) is 0 Å². The summed E-state index contributed by atoms with van der Waals surface area (Å²) in [7, 11) is 0. The fraction of sp³-hybridized carbons (Fsp3) is 0. The van der Waals surface area contributed by atoms with Gasteiger partial charge in [-0.05, 0) is 166 Å². The number of hydrogen-bond acceptors (Lipinski definition) is 10. The normalized spacial score (nSPS) is 11.5. The topological polar surface area (TPSA) is 58.0 Å². The van der Waals surface area contributed by atoms with E-state index in [1.165, 1.54) is 94.3 Å². The Labute approximate surface area is 604 Å². The Morgan fingerprint density at radius 3 is 1.04 bits per heavy atom. The summed E-state index contributed by atoms with van der Waals surface area (Å²) in [6.45, 7) is 0. The minimum Gasteiger partial charge on any atom is -0.311 e. The molecule has 6 aromatic heterocycles. The van der Waals surface area contributed by atoms with E-state index in [0.29, 0.717) is 0 Å². The van der Waals surface area contributed by atoms with Crippen molar-refractivity contribution in [1.29, 1.82) is 0 Å². The Hall–Kier alpha value is -12.3. The molecule has 0 radical (unpaired) electrons. The smallest absolute Gasteiger partial charge is 0.143 e. The van der Waals surface area contributed by atoms with Gasteiger partial charge in [0.1, 0.15) is 20.7 Å². The average Bonchev–Trinajstić information content (AvgIpc) is 1.56. The number of benzene rings is 14. The third kappa shape index (κ3) is 11.3. The van der Waals surface area contributed by atoms with Crippen LogP contribution in [0.15, 0.2) is 352 Å². The third-order valence-electron chi connectivity index (χ3n) is 19.1. The van der Waals surface area contributed by atoms with E-state index in [0.717, 1.165) is 88.1 Å². The summed E-state index contributed by atoms with van der Waals surface area (Å²) in [6.07, 6.45) is 3.81. The third-order valence-corrected chi connectivity index (χ3v) is 23.6. The lowest BCUT2D eigenvalue weighted by Crippen LogP contribution is -2.09. The highest BCUT2D eigenvalue weighted by atomic mass is 32.1. The van der Waals surface area contributed by atoms with Crippen molar-refractivity contribution in [2.75, 3.05) is 9.80 Å². The highest BCUT2D eigenvalue weighted by Crippen LogP contribution is 2.46. The number of fused-ring (bicyclic) bond motifs is 12. The van der Waals surface area contributed by atoms with Gasteiger partial charge in [0, 0.05) is 106 Å². The van der Waals surface area contributed by atoms with Gasteiger partial charge < -0.3 is 9.80 Å². The minimum atomic E-state index is 0.856. The SMILES string of the molecule is c1ccc(N(c2ccccc2)c2ccc(-c3cnc4sc5ccc(-c6cccc(-c7cccc8c7sc7ccccc78)c6)cc5c4n3)cc2)cc1.c1ccc(N(c2ccccc2)c2cccc(-c3cnc4sc5ccc(-c6cccc(-c7cccc8c7sc7ccccc78)c6)cc5c4n3)c2)cc1. The fourth-order valence-corrected chi connectivity index (χ4v) is 18.6. The first kappa shape index (κ1) is 60.9. The summed E-state index contributed by atoms with van der Waals surface area (Å²) in [5, 5.41) is 7.54. The standard InChI is InChI=1S/2C46H29N3S2/c1-3-15-34(16-4-1)49(35-17-5-2-6-18-35)36-19-10-14-33(27-36)41-29-47-46-44(48-41)40-28-31(24-25-43(40)51-46)30-12-9-13-32(26-30)37-21-11-22-39-38-20-7-8-23-42(38)50-45(37)39;1-3-13-34(14-4-1)49(35-15-5-2-6-16-35)36-24-21-30(22-25-36)41-29-47-46-44(48-41)40-28-32(23-26-43(40)51-46)31-11-9-12-33(27-31)37-18-10-19-39-38-17-7-8-20-42(38)50-45(37)39/h2*1-29H. The van der Waals surface area contributed by atoms with Gasteiger partial charge >= 0.3 is 0 Å². The number of rotatable bonds is 12. The second-order valence-electron chi connectivity index (χ2n) is 25.3. The molecule has 0 saturated carbocycles. The molecule has 20 rings (SSSR count). The van der Waals surface area contributed by atoms with Gasteiger partial charge in [0.25, 0.3) is 0 Å². The number of thiophene rings is 4. The maximum atomic E-state index is 5.27. The van der Waals surface area contributed by atoms with Crippen LogP contribution in [0.2, 0.25) is 0 Å². The molecule has 0 spiro atoms. The van der Waals surface area contributed by atoms with Gasteiger partial charge in [0.15, 0.2) is 0 Å². The molecule has 0 atom stereocenters. The Bertz CT molecular complexity index is 6450. The van der Waals surface area contributed by atoms with Crippen LogP contribution in [0.25, 0.3) is 148 Å². The molecule has 0 bridgehead atoms. The van der Waals surface area contributed by atoms with Crippen LogP contribution in [0.3, 0.4) is 0 Å². The van der Waals surface area contributed by atoms with E-state index >= 15 is 0 Å². The number of hydrogen-bond donors (Lipinski definition) is 0. The molecule has 6 nitrogen and oxygen atoms in total. The molecule has 480 valence electrons. The summed E-state index contributed by atoms with van der Waals surface area (Å²) < 4.78 is 7.68. The summed E-state index contributed by atoms with van der Waals surface area (Å²) in [5.41, 5.74) is 21.9. The highest BCUT2D eigenvalue weighted by molar-refractivity contribution is 7.27. The molecule has 6 heterocycles. The summed E-state index contributed by atoms with van der Waals surface area (Å²) in [4.78, 5) is 26.8. The van der Waals surface area contributed by atoms with Gasteiger partial charge in [-0.3, -0.25) is 0 Å². The van der Waals surface area contributed by atoms with Crippen molar-refractivity contribution in [2.45, 2.75) is 0 Å². The Kier molecular flexibility index (Phi) is 15.6. The van der Waals surface area contributed by atoms with Crippen molar-refractivity contribution in [1.82, 2.24) is 19.9 Å². The van der Waals surface area contributed by atoms with E-state index in [1.807, 2.05) is 59.3 Å². The lowest BCUT2D eigenvalue weighted by molar-refractivity contribution is 1.27. The number of anilines is 6. The maximum absolute atomic E-state index is 5.27. The lowest BCUT2D eigenvalue weighted by atomic mass is 9.97. The maximum Gasteiger partial charge on any atom is 0.143 e. The van der Waals surface area contributed by atoms with Crippen molar-refractivity contribution in [2.24, 2.45) is 0 Å². The van der Waals surface area contributed by atoms with E-state index in [9.17, 15) is 0 Å². The van der Waals surface area contributed by atoms with E-state index in [4.69, 9.17) is 19.9 Å². The molecular formula is C92H58N6S4. The molecule has 0 saturated heterocycles. The molecule has 10 heteroatoms. The lowest BCUT2D eigenvalue weighted by Gasteiger charge is -2.25. The van der Waals surface area contributed by atoms with Crippen molar-refractivity contribution < 1.29 is 0 Å². The van der Waals surface area contributed by atoms with Crippen LogP contribution >= 0.6 is 45.3 Å². The van der Waals surface area contributed by atoms with Crippen molar-refractivity contribution in [3.8, 4) is 67.0 Å². The molecule has 0 aliphatic carbocycles. The van der Waals surface area contributed by atoms with Gasteiger partial charge in [0.05, 0.1) is 23.8 Å². The Balaban J connectivity index is 0.000000141. The molecular weight excluding hydrogens is 1320 g/mol. The molecule has 14 aromatic carbocycles. The van der Waals surface area contributed by atoms with Crippen LogP contribution in [0.1, 0.15) is 0 Å². The second kappa shape index (κ2) is 26.1. The molecule has 102 heavy (non-hydrogen) atoms. The zero-order valence-electron chi connectivity index (χ0n) is 54.8. The van der Waals surface area contributed by atoms with Gasteiger partial charge in [0.2, 0.25) is 0 Å². The van der Waals surface area contributed by atoms with Gasteiger partial charge in [-0.25, -0.2) is 19.9 Å². The van der Waals surface area contributed by atoms with Crippen molar-refractivity contribution >= 4 is 161 Å². The summed E-state index contributed by atoms with van der Waals surface area (Å²) in [5.74, 6) is 0. The van der Waals surface area contributed by atoms with Crippen molar-refractivity contribution in [3.63, 3.8) is 0 Å². The predicted octanol–water partition coefficient (Wildman–Crippen LogP) is 27.4. The molecule has 20 aromatic rings. The van der Waals surface area contributed by atoms with Crippen LogP contribution < -0.4 is 9.80 Å². The number of nitrogens with zero attached hydrogens (tertiary/aromatic N) is 6. The molecule has 0 aliphatic rings.